The third-order valence-corrected chi connectivity index (χ3v) is 2.00. The summed E-state index contributed by atoms with van der Waals surface area (Å²) in [5, 5.41) is 18.4. The predicted octanol–water partition coefficient (Wildman–Crippen LogP) is -0.0945. The van der Waals surface area contributed by atoms with Crippen molar-refractivity contribution in [1.29, 1.82) is 0 Å². The van der Waals surface area contributed by atoms with E-state index in [0.29, 0.717) is 0 Å². The quantitative estimate of drug-likeness (QED) is 0.543. The molecule has 0 radical (unpaired) electrons. The van der Waals surface area contributed by atoms with E-state index in [4.69, 9.17) is 4.74 Å². The van der Waals surface area contributed by atoms with Gasteiger partial charge in [0.2, 0.25) is 0 Å². The van der Waals surface area contributed by atoms with Crippen LogP contribution in [-0.4, -0.2) is 34.6 Å². The van der Waals surface area contributed by atoms with Gasteiger partial charge in [-0.15, -0.1) is 0 Å². The Bertz CT molecular complexity index is 115. The van der Waals surface area contributed by atoms with Crippen molar-refractivity contribution in [3.05, 3.63) is 0 Å². The van der Waals surface area contributed by atoms with Gasteiger partial charge in [-0.2, -0.15) is 0 Å². The lowest BCUT2D eigenvalue weighted by Gasteiger charge is -2.10. The Kier molecular flexibility index (Phi) is 2.28. The molecule has 0 spiro atoms. The summed E-state index contributed by atoms with van der Waals surface area (Å²) < 4.78 is 5.23. The zero-order valence-corrected chi connectivity index (χ0v) is 6.32. The number of hydrogen-bond acceptors (Lipinski definition) is 3. The fourth-order valence-electron chi connectivity index (χ4n) is 1.27. The van der Waals surface area contributed by atoms with Crippen molar-refractivity contribution in [1.82, 2.24) is 0 Å². The number of ether oxygens (including phenoxy) is 1. The molecular weight excluding hydrogens is 132 g/mol. The number of hydrogen-bond donors (Lipinski definition) is 2. The van der Waals surface area contributed by atoms with Gasteiger partial charge in [0.15, 0.2) is 0 Å². The fourth-order valence-corrected chi connectivity index (χ4v) is 1.27. The van der Waals surface area contributed by atoms with Crippen molar-refractivity contribution in [3.63, 3.8) is 0 Å². The Labute approximate surface area is 60.6 Å². The van der Waals surface area contributed by atoms with Crippen LogP contribution in [0.5, 0.6) is 0 Å². The molecule has 3 nitrogen and oxygen atoms in total. The second-order valence-corrected chi connectivity index (χ2v) is 2.77. The van der Waals surface area contributed by atoms with E-state index in [1.807, 2.05) is 6.92 Å². The van der Waals surface area contributed by atoms with Crippen molar-refractivity contribution in [3.8, 4) is 0 Å². The molecule has 0 saturated carbocycles. The summed E-state index contributed by atoms with van der Waals surface area (Å²) in [6, 6.07) is 0. The van der Waals surface area contributed by atoms with Gasteiger partial charge in [-0.3, -0.25) is 0 Å². The first kappa shape index (κ1) is 7.98. The molecule has 1 aliphatic heterocycles. The van der Waals surface area contributed by atoms with Crippen LogP contribution in [0.15, 0.2) is 0 Å². The molecule has 0 aromatic rings. The Morgan fingerprint density at radius 1 is 1.30 bits per heavy atom. The summed E-state index contributed by atoms with van der Waals surface area (Å²) >= 11 is 0. The molecule has 1 unspecified atom stereocenters. The molecule has 60 valence electrons. The molecule has 1 aliphatic rings. The highest BCUT2D eigenvalue weighted by Crippen LogP contribution is 2.22. The van der Waals surface area contributed by atoms with Crippen LogP contribution in [0.4, 0.5) is 0 Å². The van der Waals surface area contributed by atoms with Crippen LogP contribution >= 0.6 is 0 Å². The normalized spacial score (nSPS) is 48.0. The first-order chi connectivity index (χ1) is 4.66. The summed E-state index contributed by atoms with van der Waals surface area (Å²) in [5.74, 6) is 0. The van der Waals surface area contributed by atoms with Gasteiger partial charge in [-0.05, 0) is 13.3 Å². The van der Waals surface area contributed by atoms with E-state index >= 15 is 0 Å². The topological polar surface area (TPSA) is 49.7 Å². The molecule has 1 fully saturated rings. The third kappa shape index (κ3) is 1.17. The molecule has 4 atom stereocenters. The van der Waals surface area contributed by atoms with Gasteiger partial charge in [0, 0.05) is 0 Å². The van der Waals surface area contributed by atoms with Crippen molar-refractivity contribution in [2.24, 2.45) is 0 Å². The highest BCUT2D eigenvalue weighted by molar-refractivity contribution is 4.87. The maximum absolute atomic E-state index is 9.25. The zero-order valence-electron chi connectivity index (χ0n) is 6.32. The van der Waals surface area contributed by atoms with Gasteiger partial charge < -0.3 is 14.9 Å². The minimum atomic E-state index is -0.704. The largest absolute Gasteiger partial charge is 0.388 e. The second-order valence-electron chi connectivity index (χ2n) is 2.77. The van der Waals surface area contributed by atoms with Gasteiger partial charge in [0.1, 0.15) is 12.2 Å². The summed E-state index contributed by atoms with van der Waals surface area (Å²) in [4.78, 5) is 0. The maximum Gasteiger partial charge on any atom is 0.108 e. The van der Waals surface area contributed by atoms with Crippen LogP contribution in [0, 0.1) is 0 Å². The molecule has 10 heavy (non-hydrogen) atoms. The first-order valence-corrected chi connectivity index (χ1v) is 3.68. The lowest BCUT2D eigenvalue weighted by atomic mass is 10.1. The average molecular weight is 146 g/mol. The molecule has 1 saturated heterocycles. The summed E-state index contributed by atoms with van der Waals surface area (Å²) in [7, 11) is 0. The third-order valence-electron chi connectivity index (χ3n) is 2.00. The molecule has 0 aliphatic carbocycles. The van der Waals surface area contributed by atoms with E-state index in [-0.39, 0.29) is 12.2 Å². The Morgan fingerprint density at radius 2 is 1.90 bits per heavy atom. The maximum atomic E-state index is 9.25. The molecule has 3 heteroatoms. The van der Waals surface area contributed by atoms with Crippen LogP contribution in [0.3, 0.4) is 0 Å². The molecule has 1 heterocycles. The second kappa shape index (κ2) is 2.86. The summed E-state index contributed by atoms with van der Waals surface area (Å²) in [5.41, 5.74) is 0. The van der Waals surface area contributed by atoms with E-state index in [1.54, 1.807) is 6.92 Å². The number of rotatable bonds is 1. The van der Waals surface area contributed by atoms with Crippen LogP contribution in [0.1, 0.15) is 20.3 Å². The van der Waals surface area contributed by atoms with Crippen LogP contribution < -0.4 is 0 Å². The molecule has 1 rings (SSSR count). The van der Waals surface area contributed by atoms with Crippen LogP contribution in [-0.2, 0) is 4.74 Å². The van der Waals surface area contributed by atoms with E-state index in [2.05, 4.69) is 0 Å². The van der Waals surface area contributed by atoms with E-state index < -0.39 is 12.2 Å². The number of aliphatic hydroxyl groups excluding tert-OH is 2. The first-order valence-electron chi connectivity index (χ1n) is 3.68. The monoisotopic (exact) mass is 146 g/mol. The van der Waals surface area contributed by atoms with Crippen molar-refractivity contribution >= 4 is 0 Å². The van der Waals surface area contributed by atoms with Gasteiger partial charge in [0.25, 0.3) is 0 Å². The van der Waals surface area contributed by atoms with Gasteiger partial charge in [0.05, 0.1) is 12.2 Å². The van der Waals surface area contributed by atoms with Gasteiger partial charge in [-0.1, -0.05) is 6.92 Å². The summed E-state index contributed by atoms with van der Waals surface area (Å²) in [6.45, 7) is 3.70. The van der Waals surface area contributed by atoms with Crippen LogP contribution in [0.2, 0.25) is 0 Å². The van der Waals surface area contributed by atoms with Crippen molar-refractivity contribution in [2.75, 3.05) is 0 Å². The molecule has 0 amide bonds. The molecule has 0 aromatic heterocycles. The molecule has 2 N–H and O–H groups in total. The molecular formula is C7H14O3. The predicted molar refractivity (Wildman–Crippen MR) is 36.6 cm³/mol. The standard InChI is InChI=1S/C7H14O3/c1-3-5-7(9)6(8)4(2)10-5/h4-9H,3H2,1-2H3/t4-,5+,6?,7-/m0/s1. The summed E-state index contributed by atoms with van der Waals surface area (Å²) in [6.07, 6.45) is -1.04. The van der Waals surface area contributed by atoms with Gasteiger partial charge in [-0.25, -0.2) is 0 Å². The minimum absolute atomic E-state index is 0.176. The van der Waals surface area contributed by atoms with Crippen molar-refractivity contribution < 1.29 is 14.9 Å². The van der Waals surface area contributed by atoms with Crippen molar-refractivity contribution in [2.45, 2.75) is 44.7 Å². The van der Waals surface area contributed by atoms with Crippen LogP contribution in [0.25, 0.3) is 0 Å². The smallest absolute Gasteiger partial charge is 0.108 e. The number of aliphatic hydroxyl groups is 2. The highest BCUT2D eigenvalue weighted by atomic mass is 16.5. The molecule has 0 bridgehead atoms. The molecule has 0 aromatic carbocycles. The fraction of sp³-hybridized carbons (Fsp3) is 1.00. The zero-order chi connectivity index (χ0) is 7.72. The van der Waals surface area contributed by atoms with E-state index in [0.717, 1.165) is 6.42 Å². The minimum Gasteiger partial charge on any atom is -0.388 e. The highest BCUT2D eigenvalue weighted by Gasteiger charge is 2.38. The van der Waals surface area contributed by atoms with Gasteiger partial charge >= 0.3 is 0 Å². The average Bonchev–Trinajstić information content (AvgIpc) is 2.17. The van der Waals surface area contributed by atoms with E-state index in [9.17, 15) is 10.2 Å². The lowest BCUT2D eigenvalue weighted by Crippen LogP contribution is -2.31. The SMILES string of the molecule is CC[C@H]1O[C@@H](C)C(O)[C@H]1O. The Morgan fingerprint density at radius 3 is 2.10 bits per heavy atom. The Hall–Kier alpha value is -0.120. The lowest BCUT2D eigenvalue weighted by molar-refractivity contribution is 0.0144. The van der Waals surface area contributed by atoms with E-state index in [1.165, 1.54) is 0 Å². The Balaban J connectivity index is 2.53.